The first-order valence-corrected chi connectivity index (χ1v) is 14.0. The molecule has 3 saturated heterocycles. The number of rotatable bonds is 6. The summed E-state index contributed by atoms with van der Waals surface area (Å²) in [6.07, 6.45) is 8.60. The summed E-state index contributed by atoms with van der Waals surface area (Å²) < 4.78 is 12.9. The van der Waals surface area contributed by atoms with Crippen molar-refractivity contribution < 1.29 is 18.5 Å². The Morgan fingerprint density at radius 2 is 1.83 bits per heavy atom. The van der Waals surface area contributed by atoms with Gasteiger partial charge < -0.3 is 13.7 Å². The van der Waals surface area contributed by atoms with Crippen LogP contribution >= 0.6 is 11.3 Å². The van der Waals surface area contributed by atoms with E-state index in [1.165, 1.54) is 17.7 Å². The average molecular weight is 493 g/mol. The predicted molar refractivity (Wildman–Crippen MR) is 135 cm³/mol. The van der Waals surface area contributed by atoms with E-state index in [4.69, 9.17) is 14.2 Å². The van der Waals surface area contributed by atoms with Gasteiger partial charge in [-0.1, -0.05) is 55.1 Å². The zero-order chi connectivity index (χ0) is 23.7. The van der Waals surface area contributed by atoms with Crippen molar-refractivity contribution in [3.05, 3.63) is 58.5 Å². The highest BCUT2D eigenvalue weighted by Crippen LogP contribution is 2.44. The van der Waals surface area contributed by atoms with Crippen molar-refractivity contribution in [1.82, 2.24) is 10.1 Å². The van der Waals surface area contributed by atoms with Crippen molar-refractivity contribution >= 4 is 17.3 Å². The van der Waals surface area contributed by atoms with Crippen molar-refractivity contribution in [2.75, 3.05) is 19.6 Å². The number of fused-ring (bicyclic) bond motifs is 3. The third kappa shape index (κ3) is 4.45. The Balaban J connectivity index is 1.19. The van der Waals surface area contributed by atoms with E-state index in [9.17, 15) is 4.79 Å². The fourth-order valence-electron chi connectivity index (χ4n) is 6.58. The minimum Gasteiger partial charge on any atom is -0.455 e. The number of hydrogen-bond donors (Lipinski definition) is 0. The lowest BCUT2D eigenvalue weighted by Crippen LogP contribution is -2.64. The lowest BCUT2D eigenvalue weighted by Gasteiger charge is -2.51. The van der Waals surface area contributed by atoms with Gasteiger partial charge in [0.2, 0.25) is 5.82 Å². The maximum absolute atomic E-state index is 13.9. The van der Waals surface area contributed by atoms with Crippen molar-refractivity contribution in [3.63, 3.8) is 0 Å². The summed E-state index contributed by atoms with van der Waals surface area (Å²) in [6.45, 7) is 3.76. The number of carbonyl (C=O) groups excluding carboxylic acids is 1. The molecule has 1 aromatic carbocycles. The average Bonchev–Trinajstić information content (AvgIpc) is 3.53. The van der Waals surface area contributed by atoms with E-state index in [1.807, 2.05) is 30.3 Å². The summed E-state index contributed by atoms with van der Waals surface area (Å²) in [5.74, 6) is 1.80. The fourth-order valence-corrected chi connectivity index (χ4v) is 7.55. The number of aromatic nitrogens is 2. The van der Waals surface area contributed by atoms with Gasteiger partial charge >= 0.3 is 5.97 Å². The van der Waals surface area contributed by atoms with Crippen LogP contribution in [0, 0.1) is 5.92 Å². The van der Waals surface area contributed by atoms with Gasteiger partial charge in [-0.05, 0) is 36.4 Å². The number of esters is 1. The first-order chi connectivity index (χ1) is 17.2. The molecule has 0 unspecified atom stereocenters. The van der Waals surface area contributed by atoms with Crippen LogP contribution in [0.15, 0.2) is 52.4 Å². The van der Waals surface area contributed by atoms with Crippen molar-refractivity contribution in [2.24, 2.45) is 5.92 Å². The Morgan fingerprint density at radius 1 is 1.06 bits per heavy atom. The van der Waals surface area contributed by atoms with Crippen molar-refractivity contribution in [1.29, 1.82) is 0 Å². The van der Waals surface area contributed by atoms with E-state index in [1.54, 1.807) is 11.3 Å². The maximum atomic E-state index is 13.9. The molecular formula is C28H34N3O3S+. The Labute approximate surface area is 210 Å². The van der Waals surface area contributed by atoms with Gasteiger partial charge in [0.1, 0.15) is 18.5 Å². The molecule has 4 fully saturated rings. The standard InChI is InChI=1S/C28H34N3O3S/c32-27(28(24-11-8-18-35-24)14-6-1-2-7-15-28)33-23-19-31(16-12-21(23)13-17-31)20-25-29-26(34-30-25)22-9-4-3-5-10-22/h3-5,8-11,18,21,23H,1-2,6-7,12-17,19-20H2/q+1/t21?,23-,31?/m0/s1. The third-order valence-electron chi connectivity index (χ3n) is 8.61. The molecule has 3 aromatic rings. The fraction of sp³-hybridized carbons (Fsp3) is 0.536. The van der Waals surface area contributed by atoms with E-state index in [0.29, 0.717) is 11.8 Å². The monoisotopic (exact) mass is 492 g/mol. The number of carbonyl (C=O) groups is 1. The number of nitrogens with zero attached hydrogens (tertiary/aromatic N) is 3. The van der Waals surface area contributed by atoms with Crippen LogP contribution in [0.1, 0.15) is 62.1 Å². The molecule has 7 heteroatoms. The van der Waals surface area contributed by atoms with Crippen LogP contribution < -0.4 is 0 Å². The predicted octanol–water partition coefficient (Wildman–Crippen LogP) is 5.74. The molecule has 6 nitrogen and oxygen atoms in total. The maximum Gasteiger partial charge on any atom is 0.317 e. The van der Waals surface area contributed by atoms with Gasteiger partial charge in [-0.25, -0.2) is 0 Å². The molecule has 0 radical (unpaired) electrons. The molecule has 1 atom stereocenters. The molecule has 1 saturated carbocycles. The van der Waals surface area contributed by atoms with Crippen LogP contribution in [-0.2, 0) is 21.5 Å². The molecule has 2 bridgehead atoms. The lowest BCUT2D eigenvalue weighted by molar-refractivity contribution is -0.958. The topological polar surface area (TPSA) is 65.2 Å². The molecule has 3 aliphatic heterocycles. The van der Waals surface area contributed by atoms with Gasteiger partial charge in [-0.15, -0.1) is 11.3 Å². The highest BCUT2D eigenvalue weighted by molar-refractivity contribution is 7.10. The van der Waals surface area contributed by atoms with E-state index in [0.717, 1.165) is 80.6 Å². The zero-order valence-electron chi connectivity index (χ0n) is 20.2. The zero-order valence-corrected chi connectivity index (χ0v) is 21.0. The number of ether oxygens (including phenoxy) is 1. The van der Waals surface area contributed by atoms with Crippen LogP contribution in [-0.4, -0.2) is 46.3 Å². The first kappa shape index (κ1) is 22.9. The Bertz CT molecular complexity index is 1130. The van der Waals surface area contributed by atoms with Gasteiger partial charge in [0, 0.05) is 29.2 Å². The summed E-state index contributed by atoms with van der Waals surface area (Å²) in [7, 11) is 0. The second kappa shape index (κ2) is 9.51. The molecular weight excluding hydrogens is 458 g/mol. The van der Waals surface area contributed by atoms with E-state index in [-0.39, 0.29) is 12.1 Å². The quantitative estimate of drug-likeness (QED) is 0.249. The molecule has 0 N–H and O–H groups in total. The molecule has 0 spiro atoms. The molecule has 0 amide bonds. The first-order valence-electron chi connectivity index (χ1n) is 13.1. The Hall–Kier alpha value is -2.51. The van der Waals surface area contributed by atoms with Crippen LogP contribution in [0.25, 0.3) is 11.5 Å². The Kier molecular flexibility index (Phi) is 6.23. The summed E-state index contributed by atoms with van der Waals surface area (Å²) in [6, 6.07) is 14.1. The Morgan fingerprint density at radius 3 is 2.54 bits per heavy atom. The number of thiophene rings is 1. The molecule has 5 heterocycles. The van der Waals surface area contributed by atoms with Gasteiger partial charge in [0.05, 0.1) is 13.1 Å². The summed E-state index contributed by atoms with van der Waals surface area (Å²) >= 11 is 1.71. The van der Waals surface area contributed by atoms with Crippen LogP contribution in [0.4, 0.5) is 0 Å². The lowest BCUT2D eigenvalue weighted by atomic mass is 9.78. The molecule has 1 aliphatic carbocycles. The van der Waals surface area contributed by atoms with Gasteiger partial charge in [0.25, 0.3) is 5.89 Å². The number of benzene rings is 1. The van der Waals surface area contributed by atoms with Crippen LogP contribution in [0.3, 0.4) is 0 Å². The summed E-state index contributed by atoms with van der Waals surface area (Å²) in [5, 5.41) is 6.40. The molecule has 4 aliphatic rings. The highest BCUT2D eigenvalue weighted by Gasteiger charge is 2.51. The van der Waals surface area contributed by atoms with E-state index >= 15 is 0 Å². The highest BCUT2D eigenvalue weighted by atomic mass is 32.1. The van der Waals surface area contributed by atoms with Crippen molar-refractivity contribution in [2.45, 2.75) is 69.4 Å². The van der Waals surface area contributed by atoms with Crippen LogP contribution in [0.5, 0.6) is 0 Å². The molecule has 7 rings (SSSR count). The number of quaternary nitrogens is 1. The smallest absolute Gasteiger partial charge is 0.317 e. The van der Waals surface area contributed by atoms with E-state index in [2.05, 4.69) is 22.7 Å². The molecule has 184 valence electrons. The largest absolute Gasteiger partial charge is 0.455 e. The summed E-state index contributed by atoms with van der Waals surface area (Å²) in [4.78, 5) is 19.8. The van der Waals surface area contributed by atoms with Crippen molar-refractivity contribution in [3.8, 4) is 11.5 Å². The molecule has 2 aromatic heterocycles. The number of piperidine rings is 3. The second-order valence-electron chi connectivity index (χ2n) is 10.8. The van der Waals surface area contributed by atoms with Gasteiger partial charge in [-0.3, -0.25) is 4.79 Å². The minimum absolute atomic E-state index is 0.0182. The van der Waals surface area contributed by atoms with Gasteiger partial charge in [-0.2, -0.15) is 4.98 Å². The van der Waals surface area contributed by atoms with Gasteiger partial charge in [0.15, 0.2) is 6.10 Å². The van der Waals surface area contributed by atoms with Crippen LogP contribution in [0.2, 0.25) is 0 Å². The third-order valence-corrected chi connectivity index (χ3v) is 9.68. The SMILES string of the molecule is O=C(O[C@H]1C[N+]2(Cc3noc(-c4ccccc4)n3)CCC1CC2)C1(c2cccs2)CCCCCC1. The second-order valence-corrected chi connectivity index (χ2v) is 11.7. The molecule has 35 heavy (non-hydrogen) atoms. The summed E-state index contributed by atoms with van der Waals surface area (Å²) in [5.41, 5.74) is 0.484. The van der Waals surface area contributed by atoms with E-state index < -0.39 is 5.41 Å². The number of hydrogen-bond acceptors (Lipinski definition) is 6. The minimum atomic E-state index is -0.459. The normalized spacial score (nSPS) is 27.9.